The van der Waals surface area contributed by atoms with Gasteiger partial charge in [-0.05, 0) is 43.3 Å². The van der Waals surface area contributed by atoms with Crippen molar-refractivity contribution in [2.75, 3.05) is 34.5 Å². The smallest absolute Gasteiger partial charge is 0.387 e. The predicted octanol–water partition coefficient (Wildman–Crippen LogP) is 4.65. The number of rotatable bonds is 10. The first-order valence-electron chi connectivity index (χ1n) is 10.00. The van der Waals surface area contributed by atoms with E-state index in [9.17, 15) is 8.78 Å². The van der Waals surface area contributed by atoms with Gasteiger partial charge in [0.2, 0.25) is 4.80 Å². The van der Waals surface area contributed by atoms with E-state index in [1.165, 1.54) is 23.5 Å². The zero-order chi connectivity index (χ0) is 23.8. The number of hydrogen-bond acceptors (Lipinski definition) is 7. The molecule has 3 rings (SSSR count). The number of halogens is 2. The Balaban J connectivity index is 2.07. The molecule has 0 saturated carbocycles. The summed E-state index contributed by atoms with van der Waals surface area (Å²) in [6, 6.07) is 11.9. The van der Waals surface area contributed by atoms with Gasteiger partial charge in [0.15, 0.2) is 0 Å². The third kappa shape index (κ3) is 6.17. The van der Waals surface area contributed by atoms with Crippen molar-refractivity contribution >= 4 is 17.0 Å². The van der Waals surface area contributed by atoms with Crippen LogP contribution in [0.15, 0.2) is 57.9 Å². The summed E-state index contributed by atoms with van der Waals surface area (Å²) in [5.41, 5.74) is 3.03. The van der Waals surface area contributed by atoms with Crippen LogP contribution in [0.1, 0.15) is 12.5 Å². The summed E-state index contributed by atoms with van der Waals surface area (Å²) in [5, 5.41) is 6.73. The van der Waals surface area contributed by atoms with Gasteiger partial charge >= 0.3 is 6.61 Å². The van der Waals surface area contributed by atoms with E-state index in [0.29, 0.717) is 35.2 Å². The van der Waals surface area contributed by atoms with E-state index in [4.69, 9.17) is 19.3 Å². The molecular formula is C23H25F2N3O4S. The molecule has 2 aromatic carbocycles. The molecule has 0 bridgehead atoms. The molecular weight excluding hydrogens is 452 g/mol. The standard InChI is InChI=1S/C23H25F2N3O4S/c1-15(19-10-9-18(30-3)13-21(19)31-4)27-28-20(14-33-23(28)26-11-12-29-2)16-5-7-17(8-6-16)32-22(24)25/h5-10,13-14,22H,11-12H2,1-4H3/b26-23?,27-15+. The molecule has 0 amide bonds. The van der Waals surface area contributed by atoms with Crippen LogP contribution in [0.25, 0.3) is 11.3 Å². The molecule has 10 heteroatoms. The SMILES string of the molecule is COCCN=c1scc(-c2ccc(OC(F)F)cc2)n1/N=C(\C)c1ccc(OC)cc1OC. The largest absolute Gasteiger partial charge is 0.497 e. The molecule has 0 atom stereocenters. The van der Waals surface area contributed by atoms with Gasteiger partial charge in [-0.2, -0.15) is 13.9 Å². The lowest BCUT2D eigenvalue weighted by Crippen LogP contribution is -2.15. The van der Waals surface area contributed by atoms with Crippen molar-refractivity contribution in [3.8, 4) is 28.5 Å². The fraction of sp³-hybridized carbons (Fsp3) is 0.304. The maximum atomic E-state index is 12.5. The molecule has 0 spiro atoms. The Morgan fingerprint density at radius 3 is 2.39 bits per heavy atom. The van der Waals surface area contributed by atoms with Crippen molar-refractivity contribution in [3.63, 3.8) is 0 Å². The van der Waals surface area contributed by atoms with Crippen LogP contribution in [0.5, 0.6) is 17.2 Å². The Labute approximate surface area is 194 Å². The van der Waals surface area contributed by atoms with Gasteiger partial charge in [0.1, 0.15) is 17.2 Å². The van der Waals surface area contributed by atoms with Crippen LogP contribution in [0.3, 0.4) is 0 Å². The minimum atomic E-state index is -2.88. The summed E-state index contributed by atoms with van der Waals surface area (Å²) in [5.74, 6) is 1.39. The first kappa shape index (κ1) is 24.4. The minimum absolute atomic E-state index is 0.0863. The molecule has 1 aromatic heterocycles. The molecule has 0 fully saturated rings. The van der Waals surface area contributed by atoms with Crippen LogP contribution < -0.4 is 19.0 Å². The number of nitrogens with zero attached hydrogens (tertiary/aromatic N) is 3. The van der Waals surface area contributed by atoms with E-state index in [1.54, 1.807) is 44.2 Å². The highest BCUT2D eigenvalue weighted by atomic mass is 32.1. The second-order valence-electron chi connectivity index (χ2n) is 6.74. The first-order valence-corrected chi connectivity index (χ1v) is 10.9. The highest BCUT2D eigenvalue weighted by Crippen LogP contribution is 2.27. The zero-order valence-electron chi connectivity index (χ0n) is 18.7. The number of alkyl halides is 2. The Bertz CT molecular complexity index is 1160. The van der Waals surface area contributed by atoms with Crippen LogP contribution in [0.4, 0.5) is 8.78 Å². The van der Waals surface area contributed by atoms with Crippen LogP contribution in [-0.4, -0.2) is 51.5 Å². The van der Waals surface area contributed by atoms with E-state index >= 15 is 0 Å². The minimum Gasteiger partial charge on any atom is -0.497 e. The normalized spacial score (nSPS) is 12.3. The van der Waals surface area contributed by atoms with Gasteiger partial charge in [-0.1, -0.05) is 0 Å². The molecule has 1 heterocycles. The maximum Gasteiger partial charge on any atom is 0.387 e. The average Bonchev–Trinajstić information content (AvgIpc) is 3.21. The number of hydrogen-bond donors (Lipinski definition) is 0. The van der Waals surface area contributed by atoms with Gasteiger partial charge in [0.25, 0.3) is 0 Å². The van der Waals surface area contributed by atoms with E-state index in [1.807, 2.05) is 24.4 Å². The van der Waals surface area contributed by atoms with Gasteiger partial charge in [0.05, 0.1) is 38.8 Å². The number of thiazole rings is 1. The van der Waals surface area contributed by atoms with E-state index in [0.717, 1.165) is 16.8 Å². The highest BCUT2D eigenvalue weighted by molar-refractivity contribution is 7.07. The Kier molecular flexibility index (Phi) is 8.56. The summed E-state index contributed by atoms with van der Waals surface area (Å²) < 4.78 is 47.0. The topological polar surface area (TPSA) is 66.6 Å². The monoisotopic (exact) mass is 477 g/mol. The fourth-order valence-corrected chi connectivity index (χ4v) is 3.90. The molecule has 0 unspecified atom stereocenters. The van der Waals surface area contributed by atoms with Gasteiger partial charge in [-0.15, -0.1) is 11.3 Å². The molecule has 176 valence electrons. The van der Waals surface area contributed by atoms with Crippen molar-refractivity contribution in [2.45, 2.75) is 13.5 Å². The molecule has 7 nitrogen and oxygen atoms in total. The summed E-state index contributed by atoms with van der Waals surface area (Å²) in [6.45, 7) is -0.0584. The van der Waals surface area contributed by atoms with E-state index in [-0.39, 0.29) is 5.75 Å². The van der Waals surface area contributed by atoms with Gasteiger partial charge < -0.3 is 18.9 Å². The highest BCUT2D eigenvalue weighted by Gasteiger charge is 2.13. The van der Waals surface area contributed by atoms with Crippen molar-refractivity contribution in [2.24, 2.45) is 10.1 Å². The Morgan fingerprint density at radius 2 is 1.76 bits per heavy atom. The second-order valence-corrected chi connectivity index (χ2v) is 7.58. The zero-order valence-corrected chi connectivity index (χ0v) is 19.6. The van der Waals surface area contributed by atoms with Gasteiger partial charge in [0, 0.05) is 29.7 Å². The summed E-state index contributed by atoms with van der Waals surface area (Å²) >= 11 is 1.42. The van der Waals surface area contributed by atoms with Crippen LogP contribution in [0, 0.1) is 0 Å². The average molecular weight is 478 g/mol. The molecule has 0 radical (unpaired) electrons. The van der Waals surface area contributed by atoms with Crippen LogP contribution in [-0.2, 0) is 4.74 Å². The summed E-state index contributed by atoms with van der Waals surface area (Å²) in [7, 11) is 4.79. The Morgan fingerprint density at radius 1 is 1.03 bits per heavy atom. The summed E-state index contributed by atoms with van der Waals surface area (Å²) in [4.78, 5) is 5.26. The molecule has 0 aliphatic carbocycles. The van der Waals surface area contributed by atoms with Crippen LogP contribution in [0.2, 0.25) is 0 Å². The second kappa shape index (κ2) is 11.6. The predicted molar refractivity (Wildman–Crippen MR) is 124 cm³/mol. The molecule has 3 aromatic rings. The third-order valence-corrected chi connectivity index (χ3v) is 5.51. The fourth-order valence-electron chi connectivity index (χ4n) is 3.04. The number of methoxy groups -OCH3 is 3. The first-order chi connectivity index (χ1) is 16.0. The lowest BCUT2D eigenvalue weighted by Gasteiger charge is -2.11. The van der Waals surface area contributed by atoms with Crippen molar-refractivity contribution in [3.05, 3.63) is 58.2 Å². The van der Waals surface area contributed by atoms with Crippen molar-refractivity contribution in [1.29, 1.82) is 0 Å². The third-order valence-electron chi connectivity index (χ3n) is 4.65. The molecule has 0 aliphatic heterocycles. The quantitative estimate of drug-likeness (QED) is 0.315. The molecule has 33 heavy (non-hydrogen) atoms. The van der Waals surface area contributed by atoms with Gasteiger partial charge in [-0.25, -0.2) is 4.68 Å². The van der Waals surface area contributed by atoms with Crippen molar-refractivity contribution in [1.82, 2.24) is 4.68 Å². The molecule has 0 N–H and O–H groups in total. The molecule has 0 saturated heterocycles. The summed E-state index contributed by atoms with van der Waals surface area (Å²) in [6.07, 6.45) is 0. The molecule has 0 aliphatic rings. The number of benzene rings is 2. The maximum absolute atomic E-state index is 12.5. The number of ether oxygens (including phenoxy) is 4. The lowest BCUT2D eigenvalue weighted by molar-refractivity contribution is -0.0498. The van der Waals surface area contributed by atoms with Crippen molar-refractivity contribution < 1.29 is 27.7 Å². The lowest BCUT2D eigenvalue weighted by atomic mass is 10.1. The van der Waals surface area contributed by atoms with Crippen LogP contribution >= 0.6 is 11.3 Å². The number of aromatic nitrogens is 1. The van der Waals surface area contributed by atoms with E-state index < -0.39 is 6.61 Å². The Hall–Kier alpha value is -3.24. The van der Waals surface area contributed by atoms with E-state index in [2.05, 4.69) is 9.73 Å². The van der Waals surface area contributed by atoms with Gasteiger partial charge in [-0.3, -0.25) is 4.99 Å².